The molecule has 1 atom stereocenters. The third-order valence-electron chi connectivity index (χ3n) is 6.74. The molecule has 1 saturated carbocycles. The summed E-state index contributed by atoms with van der Waals surface area (Å²) in [6.07, 6.45) is 4.91. The van der Waals surface area contributed by atoms with Crippen molar-refractivity contribution >= 4 is 17.5 Å². The molecule has 4 rings (SSSR count). The lowest BCUT2D eigenvalue weighted by Gasteiger charge is -2.33. The maximum atomic E-state index is 13.9. The van der Waals surface area contributed by atoms with Crippen molar-refractivity contribution in [2.24, 2.45) is 5.92 Å². The van der Waals surface area contributed by atoms with Crippen LogP contribution in [0, 0.1) is 11.7 Å². The molecule has 7 heteroatoms. The van der Waals surface area contributed by atoms with E-state index in [1.54, 1.807) is 6.07 Å². The van der Waals surface area contributed by atoms with Crippen molar-refractivity contribution < 1.29 is 18.9 Å². The van der Waals surface area contributed by atoms with Gasteiger partial charge in [0.15, 0.2) is 0 Å². The predicted molar refractivity (Wildman–Crippen MR) is 109 cm³/mol. The van der Waals surface area contributed by atoms with Crippen LogP contribution in [-0.2, 0) is 9.59 Å². The van der Waals surface area contributed by atoms with Crippen LogP contribution in [0.25, 0.3) is 0 Å². The summed E-state index contributed by atoms with van der Waals surface area (Å²) in [6.45, 7) is 5.58. The van der Waals surface area contributed by atoms with E-state index in [9.17, 15) is 14.0 Å². The van der Waals surface area contributed by atoms with E-state index in [0.29, 0.717) is 31.2 Å². The average Bonchev–Trinajstić information content (AvgIpc) is 3.38. The number of benzene rings is 1. The molecule has 1 unspecified atom stereocenters. The molecule has 29 heavy (non-hydrogen) atoms. The molecule has 2 saturated heterocycles. The predicted octanol–water partition coefficient (Wildman–Crippen LogP) is 0.438. The van der Waals surface area contributed by atoms with Crippen molar-refractivity contribution in [1.82, 2.24) is 10.2 Å². The van der Waals surface area contributed by atoms with Crippen molar-refractivity contribution in [3.05, 3.63) is 30.1 Å². The first-order valence-corrected chi connectivity index (χ1v) is 11.0. The smallest absolute Gasteiger partial charge is 0.225 e. The van der Waals surface area contributed by atoms with E-state index in [4.69, 9.17) is 0 Å². The number of carbonyl (C=O) groups is 2. The van der Waals surface area contributed by atoms with E-state index in [2.05, 4.69) is 10.2 Å². The summed E-state index contributed by atoms with van der Waals surface area (Å²) in [5, 5.41) is 3.04. The summed E-state index contributed by atoms with van der Waals surface area (Å²) >= 11 is 0. The molecule has 0 spiro atoms. The van der Waals surface area contributed by atoms with Crippen molar-refractivity contribution in [1.29, 1.82) is 0 Å². The van der Waals surface area contributed by atoms with Gasteiger partial charge in [0, 0.05) is 19.0 Å². The molecule has 0 bridgehead atoms. The number of rotatable bonds is 6. The molecule has 2 amide bonds. The van der Waals surface area contributed by atoms with Gasteiger partial charge >= 0.3 is 0 Å². The van der Waals surface area contributed by atoms with Gasteiger partial charge in [-0.2, -0.15) is 0 Å². The maximum absolute atomic E-state index is 13.9. The SMILES string of the molecule is O=C(NCC[NH+]1CCN(c2ccccc2F)CC1)C1CC(=O)N(C2CCCC2)C1. The van der Waals surface area contributed by atoms with Gasteiger partial charge in [0.25, 0.3) is 0 Å². The number of likely N-dealkylation sites (tertiary alicyclic amines) is 1. The van der Waals surface area contributed by atoms with Gasteiger partial charge in [0.05, 0.1) is 50.9 Å². The quantitative estimate of drug-likeness (QED) is 0.725. The zero-order chi connectivity index (χ0) is 20.2. The van der Waals surface area contributed by atoms with Crippen LogP contribution < -0.4 is 15.1 Å². The fourth-order valence-corrected chi connectivity index (χ4v) is 5.00. The topological polar surface area (TPSA) is 57.1 Å². The normalized spacial score (nSPS) is 23.8. The highest BCUT2D eigenvalue weighted by molar-refractivity contribution is 5.89. The molecule has 158 valence electrons. The number of amides is 2. The van der Waals surface area contributed by atoms with Crippen molar-refractivity contribution in [3.63, 3.8) is 0 Å². The van der Waals surface area contributed by atoms with Gasteiger partial charge in [0.1, 0.15) is 5.82 Å². The van der Waals surface area contributed by atoms with Gasteiger partial charge in [-0.05, 0) is 25.0 Å². The van der Waals surface area contributed by atoms with Crippen molar-refractivity contribution in [2.45, 2.75) is 38.1 Å². The van der Waals surface area contributed by atoms with Crippen LogP contribution in [0.1, 0.15) is 32.1 Å². The van der Waals surface area contributed by atoms with E-state index in [1.165, 1.54) is 23.8 Å². The van der Waals surface area contributed by atoms with Crippen LogP contribution in [-0.4, -0.2) is 68.6 Å². The van der Waals surface area contributed by atoms with E-state index in [0.717, 1.165) is 45.6 Å². The number of nitrogens with zero attached hydrogens (tertiary/aromatic N) is 2. The summed E-state index contributed by atoms with van der Waals surface area (Å²) < 4.78 is 13.9. The molecule has 0 aromatic heterocycles. The maximum Gasteiger partial charge on any atom is 0.225 e. The molecule has 3 fully saturated rings. The number of piperazine rings is 1. The third-order valence-corrected chi connectivity index (χ3v) is 6.74. The van der Waals surface area contributed by atoms with Gasteiger partial charge in [-0.15, -0.1) is 0 Å². The first-order valence-electron chi connectivity index (χ1n) is 11.0. The van der Waals surface area contributed by atoms with Gasteiger partial charge in [0.2, 0.25) is 11.8 Å². The Hall–Kier alpha value is -2.15. The van der Waals surface area contributed by atoms with Crippen molar-refractivity contribution in [3.8, 4) is 0 Å². The van der Waals surface area contributed by atoms with Crippen LogP contribution in [0.3, 0.4) is 0 Å². The lowest BCUT2D eigenvalue weighted by atomic mass is 10.1. The van der Waals surface area contributed by atoms with E-state index < -0.39 is 0 Å². The fraction of sp³-hybridized carbons (Fsp3) is 0.636. The van der Waals surface area contributed by atoms with E-state index in [1.807, 2.05) is 17.0 Å². The molecular weight excluding hydrogens is 371 g/mol. The number of para-hydroxylation sites is 1. The molecule has 3 aliphatic rings. The molecule has 1 aromatic carbocycles. The lowest BCUT2D eigenvalue weighted by molar-refractivity contribution is -0.899. The molecule has 2 aliphatic heterocycles. The lowest BCUT2D eigenvalue weighted by Crippen LogP contribution is -3.15. The summed E-state index contributed by atoms with van der Waals surface area (Å²) in [6, 6.07) is 7.28. The Labute approximate surface area is 172 Å². The number of carbonyl (C=O) groups excluding carboxylic acids is 2. The first-order chi connectivity index (χ1) is 14.1. The highest BCUT2D eigenvalue weighted by atomic mass is 19.1. The number of nitrogens with one attached hydrogen (secondary N) is 2. The zero-order valence-corrected chi connectivity index (χ0v) is 17.0. The Kier molecular flexibility index (Phi) is 6.33. The Balaban J connectivity index is 1.17. The molecule has 1 aliphatic carbocycles. The van der Waals surface area contributed by atoms with Crippen LogP contribution in [0.15, 0.2) is 24.3 Å². The molecular formula is C22H32FN4O2+. The third kappa shape index (κ3) is 4.71. The number of halogens is 1. The number of quaternary nitrogens is 1. The molecule has 1 aromatic rings. The number of hydrogen-bond acceptors (Lipinski definition) is 3. The van der Waals surface area contributed by atoms with Crippen LogP contribution in [0.5, 0.6) is 0 Å². The fourth-order valence-electron chi connectivity index (χ4n) is 5.00. The second kappa shape index (κ2) is 9.11. The van der Waals surface area contributed by atoms with Crippen LogP contribution >= 0.6 is 0 Å². The Morgan fingerprint density at radius 3 is 2.62 bits per heavy atom. The summed E-state index contributed by atoms with van der Waals surface area (Å²) in [7, 11) is 0. The van der Waals surface area contributed by atoms with E-state index in [-0.39, 0.29) is 23.5 Å². The minimum Gasteiger partial charge on any atom is -0.358 e. The monoisotopic (exact) mass is 403 g/mol. The van der Waals surface area contributed by atoms with Gasteiger partial charge in [-0.25, -0.2) is 4.39 Å². The second-order valence-electron chi connectivity index (χ2n) is 8.61. The average molecular weight is 404 g/mol. The molecule has 0 radical (unpaired) electrons. The highest BCUT2D eigenvalue weighted by Crippen LogP contribution is 2.29. The van der Waals surface area contributed by atoms with Gasteiger partial charge < -0.3 is 20.0 Å². The van der Waals surface area contributed by atoms with E-state index >= 15 is 0 Å². The second-order valence-corrected chi connectivity index (χ2v) is 8.61. The van der Waals surface area contributed by atoms with Crippen LogP contribution in [0.2, 0.25) is 0 Å². The number of hydrogen-bond donors (Lipinski definition) is 2. The largest absolute Gasteiger partial charge is 0.358 e. The molecule has 6 nitrogen and oxygen atoms in total. The highest BCUT2D eigenvalue weighted by Gasteiger charge is 2.38. The zero-order valence-electron chi connectivity index (χ0n) is 17.0. The summed E-state index contributed by atoms with van der Waals surface area (Å²) in [4.78, 5) is 30.3. The van der Waals surface area contributed by atoms with Crippen LogP contribution in [0.4, 0.5) is 10.1 Å². The number of anilines is 1. The standard InChI is InChI=1S/C22H31FN4O2/c23-19-7-3-4-8-20(19)26-13-11-25(12-14-26)10-9-24-22(29)17-15-21(28)27(16-17)18-5-1-2-6-18/h3-4,7-8,17-18H,1-2,5-6,9-16H2,(H,24,29)/p+1. The molecule has 2 N–H and O–H groups in total. The summed E-state index contributed by atoms with van der Waals surface area (Å²) in [5.41, 5.74) is 0.678. The minimum absolute atomic E-state index is 0.0169. The Bertz CT molecular complexity index is 729. The minimum atomic E-state index is -0.198. The summed E-state index contributed by atoms with van der Waals surface area (Å²) in [5.74, 6) is -0.202. The van der Waals surface area contributed by atoms with Crippen molar-refractivity contribution in [2.75, 3.05) is 50.7 Å². The first kappa shape index (κ1) is 20.1. The van der Waals surface area contributed by atoms with Gasteiger partial charge in [-0.1, -0.05) is 25.0 Å². The Morgan fingerprint density at radius 1 is 1.17 bits per heavy atom. The molecule has 2 heterocycles. The van der Waals surface area contributed by atoms with Gasteiger partial charge in [-0.3, -0.25) is 9.59 Å². The Morgan fingerprint density at radius 2 is 1.90 bits per heavy atom.